The second-order valence-electron chi connectivity index (χ2n) is 4.42. The number of hydrogen-bond acceptors (Lipinski definition) is 4. The van der Waals surface area contributed by atoms with Gasteiger partial charge in [-0.1, -0.05) is 24.4 Å². The van der Waals surface area contributed by atoms with E-state index in [9.17, 15) is 9.90 Å². The quantitative estimate of drug-likeness (QED) is 0.231. The molecule has 108 valence electrons. The zero-order chi connectivity index (χ0) is 14.6. The van der Waals surface area contributed by atoms with Gasteiger partial charge >= 0.3 is 0 Å². The first-order chi connectivity index (χ1) is 9.77. The molecule has 0 aromatic heterocycles. The van der Waals surface area contributed by atoms with E-state index < -0.39 is 0 Å². The van der Waals surface area contributed by atoms with E-state index in [2.05, 4.69) is 10.0 Å². The molecule has 0 radical (unpaired) electrons. The summed E-state index contributed by atoms with van der Waals surface area (Å²) in [5, 5.41) is 13.1. The highest BCUT2D eigenvalue weighted by Gasteiger charge is 2.03. The lowest BCUT2D eigenvalue weighted by atomic mass is 10.1. The van der Waals surface area contributed by atoms with Crippen LogP contribution in [0.15, 0.2) is 23.3 Å². The molecule has 0 bridgehead atoms. The van der Waals surface area contributed by atoms with E-state index in [0.29, 0.717) is 30.8 Å². The minimum atomic E-state index is -0.0102. The normalized spacial score (nSPS) is 9.80. The Morgan fingerprint density at radius 1 is 1.25 bits per heavy atom. The summed E-state index contributed by atoms with van der Waals surface area (Å²) in [7, 11) is 0. The van der Waals surface area contributed by atoms with Gasteiger partial charge in [-0.25, -0.2) is 0 Å². The second-order valence-corrected chi connectivity index (χ2v) is 4.42. The lowest BCUT2D eigenvalue weighted by molar-refractivity contribution is 0.112. The van der Waals surface area contributed by atoms with Crippen LogP contribution in [0.5, 0.6) is 11.5 Å². The molecular weight excluding hydrogens is 258 g/mol. The lowest BCUT2D eigenvalue weighted by Gasteiger charge is -2.08. The molecule has 0 atom stereocenters. The maximum Gasteiger partial charge on any atom is 0.160 e. The summed E-state index contributed by atoms with van der Waals surface area (Å²) in [5.41, 5.74) is 8.53. The number of ether oxygens (including phenoxy) is 1. The van der Waals surface area contributed by atoms with E-state index in [0.717, 1.165) is 32.1 Å². The van der Waals surface area contributed by atoms with Crippen molar-refractivity contribution in [2.75, 3.05) is 13.2 Å². The van der Waals surface area contributed by atoms with Gasteiger partial charge in [-0.15, -0.1) is 0 Å². The summed E-state index contributed by atoms with van der Waals surface area (Å²) in [5.74, 6) is 0.392. The Morgan fingerprint density at radius 2 is 2.00 bits per heavy atom. The molecular formula is C14H19N3O3. The van der Waals surface area contributed by atoms with Crippen LogP contribution in [-0.2, 0) is 0 Å². The van der Waals surface area contributed by atoms with E-state index >= 15 is 0 Å². The number of unbranched alkanes of at least 4 members (excludes halogenated alkanes) is 4. The molecule has 1 aromatic carbocycles. The number of phenolic OH excluding ortho intramolecular Hbond substituents is 1. The molecule has 0 unspecified atom stereocenters. The fraction of sp³-hybridized carbons (Fsp3) is 0.500. The molecule has 0 spiro atoms. The van der Waals surface area contributed by atoms with E-state index in [-0.39, 0.29) is 5.75 Å². The zero-order valence-electron chi connectivity index (χ0n) is 11.4. The molecule has 1 rings (SSSR count). The van der Waals surface area contributed by atoms with Gasteiger partial charge in [0.1, 0.15) is 6.29 Å². The Labute approximate surface area is 118 Å². The third kappa shape index (κ3) is 6.11. The largest absolute Gasteiger partial charge is 0.504 e. The first-order valence-corrected chi connectivity index (χ1v) is 6.70. The monoisotopic (exact) mass is 277 g/mol. The highest BCUT2D eigenvalue weighted by Crippen LogP contribution is 2.26. The Hall–Kier alpha value is -2.20. The van der Waals surface area contributed by atoms with Gasteiger partial charge in [-0.05, 0) is 36.6 Å². The van der Waals surface area contributed by atoms with Gasteiger partial charge in [-0.2, -0.15) is 0 Å². The van der Waals surface area contributed by atoms with Crippen molar-refractivity contribution in [1.29, 1.82) is 0 Å². The smallest absolute Gasteiger partial charge is 0.160 e. The molecule has 6 heteroatoms. The third-order valence-corrected chi connectivity index (χ3v) is 2.84. The molecule has 0 heterocycles. The lowest BCUT2D eigenvalue weighted by Crippen LogP contribution is -1.98. The molecule has 0 aliphatic rings. The maximum atomic E-state index is 10.5. The van der Waals surface area contributed by atoms with E-state index in [4.69, 9.17) is 10.3 Å². The van der Waals surface area contributed by atoms with E-state index in [1.165, 1.54) is 6.07 Å². The maximum absolute atomic E-state index is 10.5. The summed E-state index contributed by atoms with van der Waals surface area (Å²) in [6, 6.07) is 4.59. The van der Waals surface area contributed by atoms with Crippen LogP contribution in [0.1, 0.15) is 42.5 Å². The first-order valence-electron chi connectivity index (χ1n) is 6.70. The molecule has 1 N–H and O–H groups in total. The Morgan fingerprint density at radius 3 is 2.70 bits per heavy atom. The number of carbonyl (C=O) groups is 1. The summed E-state index contributed by atoms with van der Waals surface area (Å²) in [6.07, 6.45) is 5.64. The molecule has 0 aliphatic heterocycles. The van der Waals surface area contributed by atoms with Crippen LogP contribution in [-0.4, -0.2) is 24.5 Å². The van der Waals surface area contributed by atoms with Gasteiger partial charge in [0.25, 0.3) is 0 Å². The first kappa shape index (κ1) is 15.9. The van der Waals surface area contributed by atoms with Crippen LogP contribution in [0, 0.1) is 0 Å². The second kappa shape index (κ2) is 9.69. The molecule has 0 aliphatic carbocycles. The minimum Gasteiger partial charge on any atom is -0.504 e. The number of phenols is 1. The predicted octanol–water partition coefficient (Wildman–Crippen LogP) is 3.84. The van der Waals surface area contributed by atoms with Crippen molar-refractivity contribution in [3.8, 4) is 11.5 Å². The van der Waals surface area contributed by atoms with Gasteiger partial charge in [0.15, 0.2) is 11.5 Å². The van der Waals surface area contributed by atoms with Crippen molar-refractivity contribution < 1.29 is 14.6 Å². The van der Waals surface area contributed by atoms with E-state index in [1.807, 2.05) is 0 Å². The Kier molecular flexibility index (Phi) is 7.69. The molecule has 0 saturated heterocycles. The molecule has 6 nitrogen and oxygen atoms in total. The van der Waals surface area contributed by atoms with Crippen molar-refractivity contribution >= 4 is 6.29 Å². The standard InChI is InChI=1S/C14H19N3O3/c15-17-16-8-4-2-1-3-5-9-20-14-7-6-12(11-18)10-13(14)19/h6-7,10-11,19H,1-5,8-9H2. The number of hydrogen-bond donors (Lipinski definition) is 1. The average molecular weight is 277 g/mol. The fourth-order valence-corrected chi connectivity index (χ4v) is 1.77. The molecule has 0 fully saturated rings. The number of aldehydes is 1. The number of carbonyl (C=O) groups excluding carboxylic acids is 1. The summed E-state index contributed by atoms with van der Waals surface area (Å²) < 4.78 is 5.45. The fourth-order valence-electron chi connectivity index (χ4n) is 1.77. The summed E-state index contributed by atoms with van der Waals surface area (Å²) >= 11 is 0. The van der Waals surface area contributed by atoms with Crippen LogP contribution < -0.4 is 4.74 Å². The van der Waals surface area contributed by atoms with Gasteiger partial charge in [0.05, 0.1) is 6.61 Å². The van der Waals surface area contributed by atoms with Crippen LogP contribution in [0.25, 0.3) is 10.4 Å². The summed E-state index contributed by atoms with van der Waals surface area (Å²) in [6.45, 7) is 1.09. The molecule has 20 heavy (non-hydrogen) atoms. The average Bonchev–Trinajstić information content (AvgIpc) is 2.47. The van der Waals surface area contributed by atoms with Crippen LogP contribution >= 0.6 is 0 Å². The SMILES string of the molecule is [N-]=[N+]=NCCCCCCCOc1ccc(C=O)cc1O. The Bertz CT molecular complexity index is 471. The Balaban J connectivity index is 2.12. The number of aromatic hydroxyl groups is 1. The van der Waals surface area contributed by atoms with Crippen molar-refractivity contribution in [2.45, 2.75) is 32.1 Å². The molecule has 1 aromatic rings. The minimum absolute atomic E-state index is 0.0102. The highest BCUT2D eigenvalue weighted by molar-refractivity contribution is 5.76. The van der Waals surface area contributed by atoms with E-state index in [1.54, 1.807) is 12.1 Å². The highest BCUT2D eigenvalue weighted by atomic mass is 16.5. The molecule has 0 saturated carbocycles. The van der Waals surface area contributed by atoms with Gasteiger partial charge in [0, 0.05) is 17.0 Å². The van der Waals surface area contributed by atoms with Crippen LogP contribution in [0.2, 0.25) is 0 Å². The van der Waals surface area contributed by atoms with Crippen LogP contribution in [0.4, 0.5) is 0 Å². The van der Waals surface area contributed by atoms with Crippen molar-refractivity contribution in [1.82, 2.24) is 0 Å². The number of benzene rings is 1. The van der Waals surface area contributed by atoms with Crippen LogP contribution in [0.3, 0.4) is 0 Å². The summed E-state index contributed by atoms with van der Waals surface area (Å²) in [4.78, 5) is 13.2. The topological polar surface area (TPSA) is 95.3 Å². The molecule has 0 amide bonds. The van der Waals surface area contributed by atoms with Gasteiger partial charge in [-0.3, -0.25) is 4.79 Å². The third-order valence-electron chi connectivity index (χ3n) is 2.84. The predicted molar refractivity (Wildman–Crippen MR) is 76.1 cm³/mol. The van der Waals surface area contributed by atoms with Crippen molar-refractivity contribution in [3.05, 3.63) is 34.2 Å². The number of azide groups is 1. The van der Waals surface area contributed by atoms with Gasteiger partial charge < -0.3 is 9.84 Å². The number of nitrogens with zero attached hydrogens (tertiary/aromatic N) is 3. The van der Waals surface area contributed by atoms with Crippen molar-refractivity contribution in [3.63, 3.8) is 0 Å². The zero-order valence-corrected chi connectivity index (χ0v) is 11.4. The van der Waals surface area contributed by atoms with Crippen molar-refractivity contribution in [2.24, 2.45) is 5.11 Å². The van der Waals surface area contributed by atoms with Gasteiger partial charge in [0.2, 0.25) is 0 Å². The number of rotatable bonds is 10.